The van der Waals surface area contributed by atoms with E-state index >= 15 is 0 Å². The van der Waals surface area contributed by atoms with Gasteiger partial charge >= 0.3 is 0 Å². The van der Waals surface area contributed by atoms with Gasteiger partial charge in [-0.15, -0.1) is 5.10 Å². The van der Waals surface area contributed by atoms with Crippen molar-refractivity contribution in [2.45, 2.75) is 31.8 Å². The van der Waals surface area contributed by atoms with Crippen LogP contribution in [-0.2, 0) is 0 Å². The van der Waals surface area contributed by atoms with Crippen molar-refractivity contribution in [1.82, 2.24) is 20.2 Å². The van der Waals surface area contributed by atoms with Gasteiger partial charge in [-0.25, -0.2) is 0 Å². The van der Waals surface area contributed by atoms with Gasteiger partial charge in [0.05, 0.1) is 16.4 Å². The molecule has 9 heteroatoms. The molecular weight excluding hydrogens is 378 g/mol. The van der Waals surface area contributed by atoms with Crippen LogP contribution in [0.1, 0.15) is 41.3 Å². The Morgan fingerprint density at radius 2 is 1.93 bits per heavy atom. The molecule has 0 N–H and O–H groups in total. The van der Waals surface area contributed by atoms with Gasteiger partial charge < -0.3 is 0 Å². The predicted molar refractivity (Wildman–Crippen MR) is 106 cm³/mol. The number of hydrogen-bond acceptors (Lipinski definition) is 7. The number of aryl methyl sites for hydroxylation is 1. The lowest BCUT2D eigenvalue weighted by Crippen LogP contribution is -2.06. The summed E-state index contributed by atoms with van der Waals surface area (Å²) in [5.41, 5.74) is 2.76. The van der Waals surface area contributed by atoms with Gasteiger partial charge in [-0.3, -0.25) is 14.9 Å². The molecule has 0 aliphatic rings. The van der Waals surface area contributed by atoms with E-state index < -0.39 is 4.92 Å². The molecule has 0 amide bonds. The summed E-state index contributed by atoms with van der Waals surface area (Å²) in [6, 6.07) is 12.4. The molecule has 0 atom stereocenters. The van der Waals surface area contributed by atoms with Crippen molar-refractivity contribution >= 4 is 23.2 Å². The summed E-state index contributed by atoms with van der Waals surface area (Å²) >= 11 is 1.19. The van der Waals surface area contributed by atoms with Crippen LogP contribution in [0.5, 0.6) is 0 Å². The Morgan fingerprint density at radius 1 is 1.21 bits per heavy atom. The Balaban J connectivity index is 1.74. The molecule has 0 bridgehead atoms. The Bertz CT molecular complexity index is 1010. The van der Waals surface area contributed by atoms with Gasteiger partial charge in [-0.1, -0.05) is 49.9 Å². The normalized spacial score (nSPS) is 11.0. The Labute approximate surface area is 166 Å². The molecule has 0 fully saturated rings. The van der Waals surface area contributed by atoms with Gasteiger partial charge in [0.2, 0.25) is 5.16 Å². The SMILES string of the molecule is Cc1ccc(C(=O)CSc2nnnn2-c2ccc(C(C)C)cc2)cc1[N+](=O)[O-]. The molecule has 144 valence electrons. The number of hydrogen-bond donors (Lipinski definition) is 0. The first-order valence-corrected chi connectivity index (χ1v) is 9.65. The first kappa shape index (κ1) is 19.7. The number of carbonyl (C=O) groups excluding carboxylic acids is 1. The van der Waals surface area contributed by atoms with Crippen LogP contribution in [0.15, 0.2) is 47.6 Å². The maximum Gasteiger partial charge on any atom is 0.273 e. The van der Waals surface area contributed by atoms with Crippen LogP contribution in [0.25, 0.3) is 5.69 Å². The zero-order valence-corrected chi connectivity index (χ0v) is 16.5. The molecule has 0 aliphatic carbocycles. The van der Waals surface area contributed by atoms with Gasteiger partial charge in [0.1, 0.15) is 0 Å². The number of nitro benzene ring substituents is 1. The molecular formula is C19H19N5O3S. The molecule has 0 saturated heterocycles. The lowest BCUT2D eigenvalue weighted by molar-refractivity contribution is -0.385. The van der Waals surface area contributed by atoms with E-state index in [0.29, 0.717) is 22.2 Å². The molecule has 0 unspecified atom stereocenters. The molecule has 1 heterocycles. The van der Waals surface area contributed by atoms with Gasteiger partial charge in [0.25, 0.3) is 5.69 Å². The fourth-order valence-electron chi connectivity index (χ4n) is 2.62. The highest BCUT2D eigenvalue weighted by Crippen LogP contribution is 2.24. The minimum Gasteiger partial charge on any atom is -0.293 e. The largest absolute Gasteiger partial charge is 0.293 e. The smallest absolute Gasteiger partial charge is 0.273 e. The number of nitrogens with zero attached hydrogens (tertiary/aromatic N) is 5. The predicted octanol–water partition coefficient (Wildman–Crippen LogP) is 3.98. The average Bonchev–Trinajstić information content (AvgIpc) is 3.15. The summed E-state index contributed by atoms with van der Waals surface area (Å²) in [4.78, 5) is 23.1. The lowest BCUT2D eigenvalue weighted by Gasteiger charge is -2.08. The quantitative estimate of drug-likeness (QED) is 0.257. The van der Waals surface area contributed by atoms with Crippen LogP contribution in [0.4, 0.5) is 5.69 Å². The molecule has 3 aromatic rings. The van der Waals surface area contributed by atoms with Crippen LogP contribution in [-0.4, -0.2) is 36.7 Å². The second kappa shape index (κ2) is 8.30. The van der Waals surface area contributed by atoms with E-state index in [0.717, 1.165) is 5.69 Å². The number of rotatable bonds is 7. The van der Waals surface area contributed by atoms with Crippen molar-refractivity contribution in [1.29, 1.82) is 0 Å². The van der Waals surface area contributed by atoms with Gasteiger partial charge in [0.15, 0.2) is 5.78 Å². The highest BCUT2D eigenvalue weighted by molar-refractivity contribution is 7.99. The summed E-state index contributed by atoms with van der Waals surface area (Å²) < 4.78 is 1.57. The number of carbonyl (C=O) groups is 1. The van der Waals surface area contributed by atoms with Gasteiger partial charge in [0, 0.05) is 17.2 Å². The van der Waals surface area contributed by atoms with Crippen molar-refractivity contribution in [3.8, 4) is 5.69 Å². The maximum atomic E-state index is 12.5. The molecule has 28 heavy (non-hydrogen) atoms. The number of aromatic nitrogens is 4. The molecule has 0 saturated carbocycles. The Hall–Kier alpha value is -3.07. The van der Waals surface area contributed by atoms with E-state index in [-0.39, 0.29) is 17.2 Å². The Morgan fingerprint density at radius 3 is 2.57 bits per heavy atom. The first-order valence-electron chi connectivity index (χ1n) is 8.66. The topological polar surface area (TPSA) is 104 Å². The Kier molecular flexibility index (Phi) is 5.84. The second-order valence-electron chi connectivity index (χ2n) is 6.59. The monoisotopic (exact) mass is 397 g/mol. The van der Waals surface area contributed by atoms with Crippen molar-refractivity contribution in [2.75, 3.05) is 5.75 Å². The summed E-state index contributed by atoms with van der Waals surface area (Å²) in [5, 5.41) is 23.2. The van der Waals surface area contributed by atoms with E-state index in [2.05, 4.69) is 29.4 Å². The fraction of sp³-hybridized carbons (Fsp3) is 0.263. The van der Waals surface area contributed by atoms with Crippen molar-refractivity contribution < 1.29 is 9.72 Å². The van der Waals surface area contributed by atoms with Crippen LogP contribution in [0, 0.1) is 17.0 Å². The highest BCUT2D eigenvalue weighted by atomic mass is 32.2. The fourth-order valence-corrected chi connectivity index (χ4v) is 3.41. The van der Waals surface area contributed by atoms with E-state index in [1.165, 1.54) is 23.4 Å². The summed E-state index contributed by atoms with van der Waals surface area (Å²) in [7, 11) is 0. The minimum absolute atomic E-state index is 0.0640. The number of tetrazole rings is 1. The second-order valence-corrected chi connectivity index (χ2v) is 7.53. The van der Waals surface area contributed by atoms with E-state index in [9.17, 15) is 14.9 Å². The molecule has 0 aliphatic heterocycles. The third kappa shape index (κ3) is 4.25. The summed E-state index contributed by atoms with van der Waals surface area (Å²) in [6.45, 7) is 5.88. The standard InChI is InChI=1S/C19H19N5O3S/c1-12(2)14-6-8-16(9-7-14)23-19(20-21-22-23)28-11-18(25)15-5-4-13(3)17(10-15)24(26)27/h4-10,12H,11H2,1-3H3. The molecule has 3 rings (SSSR count). The van der Waals surface area contributed by atoms with E-state index in [1.807, 2.05) is 24.3 Å². The maximum absolute atomic E-state index is 12.5. The molecule has 2 aromatic carbocycles. The van der Waals surface area contributed by atoms with Gasteiger partial charge in [-0.05, 0) is 41.0 Å². The van der Waals surface area contributed by atoms with Crippen LogP contribution < -0.4 is 0 Å². The highest BCUT2D eigenvalue weighted by Gasteiger charge is 2.17. The molecule has 8 nitrogen and oxygen atoms in total. The number of nitro groups is 1. The van der Waals surface area contributed by atoms with Crippen molar-refractivity contribution in [3.63, 3.8) is 0 Å². The third-order valence-corrected chi connectivity index (χ3v) is 5.22. The van der Waals surface area contributed by atoms with Crippen LogP contribution in [0.2, 0.25) is 0 Å². The third-order valence-electron chi connectivity index (χ3n) is 4.31. The van der Waals surface area contributed by atoms with E-state index in [4.69, 9.17) is 0 Å². The number of benzene rings is 2. The summed E-state index contributed by atoms with van der Waals surface area (Å²) in [6.07, 6.45) is 0. The number of thioether (sulfide) groups is 1. The summed E-state index contributed by atoms with van der Waals surface area (Å²) in [5.74, 6) is 0.274. The van der Waals surface area contributed by atoms with Crippen LogP contribution in [0.3, 0.4) is 0 Å². The van der Waals surface area contributed by atoms with E-state index in [1.54, 1.807) is 23.7 Å². The lowest BCUT2D eigenvalue weighted by atomic mass is 10.0. The zero-order chi connectivity index (χ0) is 20.3. The van der Waals surface area contributed by atoms with Crippen molar-refractivity contribution in [2.24, 2.45) is 0 Å². The minimum atomic E-state index is -0.485. The van der Waals surface area contributed by atoms with Crippen LogP contribution >= 0.6 is 11.8 Å². The molecule has 0 radical (unpaired) electrons. The zero-order valence-electron chi connectivity index (χ0n) is 15.7. The average molecular weight is 397 g/mol. The van der Waals surface area contributed by atoms with Gasteiger partial charge in [-0.2, -0.15) is 4.68 Å². The molecule has 1 aromatic heterocycles. The number of Topliss-reactive ketones (excluding diaryl/α,β-unsaturated/α-hetero) is 1. The number of ketones is 1. The molecule has 0 spiro atoms. The van der Waals surface area contributed by atoms with Crippen molar-refractivity contribution in [3.05, 3.63) is 69.3 Å². The first-order chi connectivity index (χ1) is 13.4.